The molecule has 2 aromatic rings. The molecule has 0 unspecified atom stereocenters. The zero-order chi connectivity index (χ0) is 6.97. The number of rotatable bonds is 0. The number of thiazole rings is 1. The van der Waals surface area contributed by atoms with E-state index in [1.807, 2.05) is 6.07 Å². The first-order valence-corrected chi connectivity index (χ1v) is 3.64. The number of fused-ring (bicyclic) bond motifs is 1. The topological polar surface area (TPSA) is 25.8 Å². The fourth-order valence-electron chi connectivity index (χ4n) is 0.798. The van der Waals surface area contributed by atoms with Gasteiger partial charge in [0, 0.05) is 11.1 Å². The maximum absolute atomic E-state index is 5.47. The van der Waals surface area contributed by atoms with Crippen molar-refractivity contribution in [1.29, 1.82) is 0 Å². The van der Waals surface area contributed by atoms with E-state index in [0.717, 1.165) is 10.2 Å². The Labute approximate surface area is 63.3 Å². The van der Waals surface area contributed by atoms with Gasteiger partial charge in [-0.15, -0.1) is 11.3 Å². The van der Waals surface area contributed by atoms with Gasteiger partial charge in [-0.25, -0.2) is 0 Å². The highest BCUT2D eigenvalue weighted by molar-refractivity contribution is 7.25. The second kappa shape index (κ2) is 2.06. The van der Waals surface area contributed by atoms with Crippen molar-refractivity contribution in [3.05, 3.63) is 18.5 Å². The first-order valence-electron chi connectivity index (χ1n) is 2.82. The van der Waals surface area contributed by atoms with E-state index in [0.29, 0.717) is 4.91 Å². The first kappa shape index (κ1) is 5.86. The van der Waals surface area contributed by atoms with Gasteiger partial charge in [0.1, 0.15) is 0 Å². The molecule has 0 bridgehead atoms. The summed E-state index contributed by atoms with van der Waals surface area (Å²) in [5.41, 5.74) is 0.880. The van der Waals surface area contributed by atoms with Crippen molar-refractivity contribution in [2.45, 2.75) is 0 Å². The third kappa shape index (κ3) is 0.808. The summed E-state index contributed by atoms with van der Waals surface area (Å²) in [5, 5.41) is 0. The Morgan fingerprint density at radius 2 is 2.40 bits per heavy atom. The Bertz CT molecular complexity index is 324. The van der Waals surface area contributed by atoms with Gasteiger partial charge in [0.25, 0.3) is 0 Å². The van der Waals surface area contributed by atoms with Gasteiger partial charge in [-0.2, -0.15) is 0 Å². The summed E-state index contributed by atoms with van der Waals surface area (Å²) in [4.78, 5) is 8.56. The maximum Gasteiger partial charge on any atom is 0.157 e. The molecule has 0 aromatic carbocycles. The first-order chi connectivity index (χ1) is 4.86. The van der Waals surface area contributed by atoms with Crippen molar-refractivity contribution in [1.82, 2.24) is 9.97 Å². The van der Waals surface area contributed by atoms with Gasteiger partial charge in [0.2, 0.25) is 0 Å². The van der Waals surface area contributed by atoms with Crippen LogP contribution in [0, 0.1) is 0 Å². The SMILES string of the molecule is [B]c1nc2cnccc2s1. The molecule has 4 heteroatoms. The lowest BCUT2D eigenvalue weighted by molar-refractivity contribution is 1.35. The summed E-state index contributed by atoms with van der Waals surface area (Å²) in [6.45, 7) is 0. The molecule has 0 aliphatic heterocycles. The molecule has 2 heterocycles. The van der Waals surface area contributed by atoms with Crippen molar-refractivity contribution in [2.24, 2.45) is 0 Å². The summed E-state index contributed by atoms with van der Waals surface area (Å²) < 4.78 is 1.09. The Kier molecular flexibility index (Phi) is 1.20. The fraction of sp³-hybridized carbons (Fsp3) is 0. The van der Waals surface area contributed by atoms with Crippen LogP contribution in [0.25, 0.3) is 10.2 Å². The van der Waals surface area contributed by atoms with Gasteiger partial charge in [0.15, 0.2) is 7.85 Å². The summed E-state index contributed by atoms with van der Waals surface area (Å²) in [6, 6.07) is 1.91. The molecule has 2 aromatic heterocycles. The second-order valence-electron chi connectivity index (χ2n) is 1.90. The number of nitrogens with zero attached hydrogens (tertiary/aromatic N) is 2. The Morgan fingerprint density at radius 3 is 3.20 bits per heavy atom. The van der Waals surface area contributed by atoms with Crippen molar-refractivity contribution in [3.63, 3.8) is 0 Å². The maximum atomic E-state index is 5.47. The zero-order valence-electron chi connectivity index (χ0n) is 5.11. The average Bonchev–Trinajstić information content (AvgIpc) is 2.27. The summed E-state index contributed by atoms with van der Waals surface area (Å²) >= 11 is 1.48. The molecule has 2 nitrogen and oxygen atoms in total. The van der Waals surface area contributed by atoms with Gasteiger partial charge in [-0.3, -0.25) is 9.97 Å². The van der Waals surface area contributed by atoms with Crippen LogP contribution in [0.4, 0.5) is 0 Å². The van der Waals surface area contributed by atoms with Gasteiger partial charge in [-0.1, -0.05) is 0 Å². The van der Waals surface area contributed by atoms with Crippen LogP contribution in [0.15, 0.2) is 18.5 Å². The van der Waals surface area contributed by atoms with E-state index in [2.05, 4.69) is 9.97 Å². The minimum atomic E-state index is 0.600. The van der Waals surface area contributed by atoms with E-state index in [4.69, 9.17) is 7.85 Å². The highest BCUT2D eigenvalue weighted by atomic mass is 32.1. The van der Waals surface area contributed by atoms with E-state index >= 15 is 0 Å². The van der Waals surface area contributed by atoms with Crippen molar-refractivity contribution >= 4 is 34.3 Å². The van der Waals surface area contributed by atoms with Crippen molar-refractivity contribution in [3.8, 4) is 0 Å². The van der Waals surface area contributed by atoms with Gasteiger partial charge >= 0.3 is 0 Å². The molecule has 0 N–H and O–H groups in total. The van der Waals surface area contributed by atoms with Crippen LogP contribution in [0.1, 0.15) is 0 Å². The predicted octanol–water partition coefficient (Wildman–Crippen LogP) is 0.485. The van der Waals surface area contributed by atoms with E-state index in [1.54, 1.807) is 12.4 Å². The number of hydrogen-bond donors (Lipinski definition) is 0. The molecule has 0 atom stereocenters. The summed E-state index contributed by atoms with van der Waals surface area (Å²) in [7, 11) is 5.47. The molecule has 2 rings (SSSR count). The molecule has 0 fully saturated rings. The normalized spacial score (nSPS) is 10.4. The largest absolute Gasteiger partial charge is 0.262 e. The van der Waals surface area contributed by atoms with Gasteiger partial charge in [0.05, 0.1) is 16.4 Å². The lowest BCUT2D eigenvalue weighted by atomic mass is 10.2. The van der Waals surface area contributed by atoms with E-state index < -0.39 is 0 Å². The quantitative estimate of drug-likeness (QED) is 0.505. The standard InChI is InChI=1S/C6H3BN2S/c7-6-9-4-3-8-2-1-5(4)10-6/h1-3H. The van der Waals surface area contributed by atoms with Crippen LogP contribution in [0.3, 0.4) is 0 Å². The average molecular weight is 146 g/mol. The molecule has 0 saturated carbocycles. The molecule has 46 valence electrons. The predicted molar refractivity (Wildman–Crippen MR) is 42.8 cm³/mol. The minimum absolute atomic E-state index is 0.600. The Balaban J connectivity index is 2.88. The number of aromatic nitrogens is 2. The molecule has 0 amide bonds. The lowest BCUT2D eigenvalue weighted by Crippen LogP contribution is -1.96. The van der Waals surface area contributed by atoms with Crippen LogP contribution in [-0.2, 0) is 0 Å². The highest BCUT2D eigenvalue weighted by Gasteiger charge is 1.96. The number of hydrogen-bond acceptors (Lipinski definition) is 3. The van der Waals surface area contributed by atoms with Crippen LogP contribution in [0.5, 0.6) is 0 Å². The molecule has 10 heavy (non-hydrogen) atoms. The molecular weight excluding hydrogens is 143 g/mol. The molecule has 0 spiro atoms. The smallest absolute Gasteiger partial charge is 0.157 e. The highest BCUT2D eigenvalue weighted by Crippen LogP contribution is 2.12. The molecule has 0 saturated heterocycles. The van der Waals surface area contributed by atoms with E-state index in [1.165, 1.54) is 11.3 Å². The van der Waals surface area contributed by atoms with Crippen LogP contribution >= 0.6 is 11.3 Å². The second-order valence-corrected chi connectivity index (χ2v) is 2.96. The van der Waals surface area contributed by atoms with Crippen molar-refractivity contribution in [2.75, 3.05) is 0 Å². The zero-order valence-corrected chi connectivity index (χ0v) is 5.93. The van der Waals surface area contributed by atoms with Gasteiger partial charge in [-0.05, 0) is 6.07 Å². The molecule has 2 radical (unpaired) electrons. The summed E-state index contributed by atoms with van der Waals surface area (Å²) in [6.07, 6.45) is 3.45. The lowest BCUT2D eigenvalue weighted by Gasteiger charge is -1.80. The van der Waals surface area contributed by atoms with Crippen LogP contribution < -0.4 is 4.91 Å². The van der Waals surface area contributed by atoms with E-state index in [-0.39, 0.29) is 0 Å². The third-order valence-electron chi connectivity index (χ3n) is 1.21. The monoisotopic (exact) mass is 146 g/mol. The minimum Gasteiger partial charge on any atom is -0.262 e. The van der Waals surface area contributed by atoms with Gasteiger partial charge < -0.3 is 0 Å². The third-order valence-corrected chi connectivity index (χ3v) is 2.07. The van der Waals surface area contributed by atoms with E-state index in [9.17, 15) is 0 Å². The van der Waals surface area contributed by atoms with Crippen LogP contribution in [0.2, 0.25) is 0 Å². The molecule has 0 aliphatic rings. The summed E-state index contributed by atoms with van der Waals surface area (Å²) in [5.74, 6) is 0. The molecular formula is C6H3BN2S. The number of pyridine rings is 1. The van der Waals surface area contributed by atoms with Crippen LogP contribution in [-0.4, -0.2) is 17.8 Å². The Hall–Kier alpha value is -0.895. The fourth-order valence-corrected chi connectivity index (χ4v) is 1.50. The Morgan fingerprint density at radius 1 is 1.50 bits per heavy atom. The molecule has 0 aliphatic carbocycles. The van der Waals surface area contributed by atoms with Crippen molar-refractivity contribution < 1.29 is 0 Å².